The van der Waals surface area contributed by atoms with Crippen LogP contribution >= 0.6 is 11.3 Å². The monoisotopic (exact) mass is 265 g/mol. The van der Waals surface area contributed by atoms with E-state index in [4.69, 9.17) is 5.84 Å². The van der Waals surface area contributed by atoms with Crippen LogP contribution in [0.4, 0.5) is 0 Å². The van der Waals surface area contributed by atoms with Gasteiger partial charge < -0.3 is 0 Å². The highest BCUT2D eigenvalue weighted by Gasteiger charge is 2.16. The van der Waals surface area contributed by atoms with Gasteiger partial charge in [-0.3, -0.25) is 16.0 Å². The Morgan fingerprint density at radius 2 is 2.28 bits per heavy atom. The van der Waals surface area contributed by atoms with Gasteiger partial charge in [0.25, 0.3) is 0 Å². The minimum absolute atomic E-state index is 0.0769. The zero-order chi connectivity index (χ0) is 13.1. The van der Waals surface area contributed by atoms with Crippen molar-refractivity contribution in [2.45, 2.75) is 39.3 Å². The predicted molar refractivity (Wildman–Crippen MR) is 73.2 cm³/mol. The van der Waals surface area contributed by atoms with Gasteiger partial charge in [-0.1, -0.05) is 0 Å². The first-order valence-electron chi connectivity index (χ1n) is 6.02. The number of thiazole rings is 1. The van der Waals surface area contributed by atoms with Crippen LogP contribution in [0.5, 0.6) is 0 Å². The number of aryl methyl sites for hydroxylation is 1. The van der Waals surface area contributed by atoms with Crippen LogP contribution in [0.3, 0.4) is 0 Å². The first-order chi connectivity index (χ1) is 8.61. The number of nitrogens with one attached hydrogen (secondary N) is 1. The second kappa shape index (κ2) is 5.60. The summed E-state index contributed by atoms with van der Waals surface area (Å²) in [6, 6.07) is 2.50. The Morgan fingerprint density at radius 1 is 1.50 bits per heavy atom. The van der Waals surface area contributed by atoms with Gasteiger partial charge in [-0.05, 0) is 26.8 Å². The maximum Gasteiger partial charge on any atom is 0.0798 e. The van der Waals surface area contributed by atoms with Crippen LogP contribution in [0, 0.1) is 6.92 Å². The van der Waals surface area contributed by atoms with Crippen LogP contribution in [0.15, 0.2) is 17.8 Å². The maximum absolute atomic E-state index is 5.64. The fourth-order valence-corrected chi connectivity index (χ4v) is 2.72. The molecule has 2 aromatic rings. The minimum Gasteiger partial charge on any atom is -0.271 e. The van der Waals surface area contributed by atoms with E-state index in [1.54, 1.807) is 11.3 Å². The molecule has 6 heteroatoms. The molecule has 0 aromatic carbocycles. The SMILES string of the molecule is Cc1ncsc1C(Cc1ccn(C(C)C)n1)NN. The molecule has 0 saturated heterocycles. The summed E-state index contributed by atoms with van der Waals surface area (Å²) >= 11 is 1.63. The smallest absolute Gasteiger partial charge is 0.0798 e. The lowest BCUT2D eigenvalue weighted by atomic mass is 10.1. The summed E-state index contributed by atoms with van der Waals surface area (Å²) in [5.41, 5.74) is 6.78. The lowest BCUT2D eigenvalue weighted by molar-refractivity contribution is 0.508. The van der Waals surface area contributed by atoms with Gasteiger partial charge in [-0.2, -0.15) is 5.10 Å². The summed E-state index contributed by atoms with van der Waals surface area (Å²) in [5, 5.41) is 4.54. The van der Waals surface area contributed by atoms with Gasteiger partial charge >= 0.3 is 0 Å². The van der Waals surface area contributed by atoms with Crippen molar-refractivity contribution < 1.29 is 0 Å². The van der Waals surface area contributed by atoms with Gasteiger partial charge in [0.15, 0.2) is 0 Å². The molecule has 0 bridgehead atoms. The van der Waals surface area contributed by atoms with Gasteiger partial charge in [0.2, 0.25) is 0 Å². The number of nitrogens with zero attached hydrogens (tertiary/aromatic N) is 3. The molecule has 18 heavy (non-hydrogen) atoms. The molecule has 1 unspecified atom stereocenters. The van der Waals surface area contributed by atoms with Crippen LogP contribution < -0.4 is 11.3 Å². The zero-order valence-electron chi connectivity index (χ0n) is 10.9. The Kier molecular flexibility index (Phi) is 4.11. The van der Waals surface area contributed by atoms with E-state index in [1.165, 1.54) is 4.88 Å². The summed E-state index contributed by atoms with van der Waals surface area (Å²) in [4.78, 5) is 5.44. The van der Waals surface area contributed by atoms with Crippen LogP contribution in [-0.2, 0) is 6.42 Å². The molecule has 0 spiro atoms. The summed E-state index contributed by atoms with van der Waals surface area (Å²) in [7, 11) is 0. The summed E-state index contributed by atoms with van der Waals surface area (Å²) in [5.74, 6) is 5.64. The van der Waals surface area contributed by atoms with Gasteiger partial charge in [-0.15, -0.1) is 11.3 Å². The molecule has 0 aliphatic heterocycles. The summed E-state index contributed by atoms with van der Waals surface area (Å²) in [6.07, 6.45) is 2.78. The van der Waals surface area contributed by atoms with Crippen molar-refractivity contribution in [3.05, 3.63) is 34.0 Å². The lowest BCUT2D eigenvalue weighted by Gasteiger charge is -2.13. The fraction of sp³-hybridized carbons (Fsp3) is 0.500. The molecule has 2 heterocycles. The molecule has 3 N–H and O–H groups in total. The molecule has 5 nitrogen and oxygen atoms in total. The van der Waals surface area contributed by atoms with E-state index in [1.807, 2.05) is 29.4 Å². The first kappa shape index (κ1) is 13.2. The highest BCUT2D eigenvalue weighted by molar-refractivity contribution is 7.09. The van der Waals surface area contributed by atoms with Crippen molar-refractivity contribution in [3.63, 3.8) is 0 Å². The van der Waals surface area contributed by atoms with E-state index in [9.17, 15) is 0 Å². The first-order valence-corrected chi connectivity index (χ1v) is 6.90. The Hall–Kier alpha value is -1.24. The van der Waals surface area contributed by atoms with E-state index in [-0.39, 0.29) is 6.04 Å². The number of rotatable bonds is 5. The quantitative estimate of drug-likeness (QED) is 0.640. The molecular formula is C12H19N5S. The van der Waals surface area contributed by atoms with E-state index in [2.05, 4.69) is 29.4 Å². The minimum atomic E-state index is 0.0769. The third-order valence-corrected chi connectivity index (χ3v) is 3.95. The average molecular weight is 265 g/mol. The van der Waals surface area contributed by atoms with Gasteiger partial charge in [0, 0.05) is 23.5 Å². The van der Waals surface area contributed by atoms with Crippen molar-refractivity contribution >= 4 is 11.3 Å². The van der Waals surface area contributed by atoms with Crippen LogP contribution in [0.25, 0.3) is 0 Å². The molecule has 0 aliphatic carbocycles. The maximum atomic E-state index is 5.64. The van der Waals surface area contributed by atoms with Crippen LogP contribution in [0.2, 0.25) is 0 Å². The van der Waals surface area contributed by atoms with Crippen LogP contribution in [-0.4, -0.2) is 14.8 Å². The topological polar surface area (TPSA) is 68.8 Å². The lowest BCUT2D eigenvalue weighted by Crippen LogP contribution is -2.29. The third-order valence-electron chi connectivity index (χ3n) is 2.91. The highest BCUT2D eigenvalue weighted by Crippen LogP contribution is 2.24. The van der Waals surface area contributed by atoms with Crippen molar-refractivity contribution in [2.24, 2.45) is 5.84 Å². The second-order valence-corrected chi connectivity index (χ2v) is 5.49. The number of hydrazine groups is 1. The highest BCUT2D eigenvalue weighted by atomic mass is 32.1. The number of hydrogen-bond acceptors (Lipinski definition) is 5. The fourth-order valence-electron chi connectivity index (χ4n) is 1.86. The molecule has 0 saturated carbocycles. The summed E-state index contributed by atoms with van der Waals surface area (Å²) in [6.45, 7) is 6.23. The summed E-state index contributed by atoms with van der Waals surface area (Å²) < 4.78 is 1.96. The number of nitrogens with two attached hydrogens (primary N) is 1. The molecule has 0 radical (unpaired) electrons. The van der Waals surface area contributed by atoms with Crippen molar-refractivity contribution in [3.8, 4) is 0 Å². The van der Waals surface area contributed by atoms with Crippen molar-refractivity contribution in [1.82, 2.24) is 20.2 Å². The van der Waals surface area contributed by atoms with E-state index >= 15 is 0 Å². The van der Waals surface area contributed by atoms with Gasteiger partial charge in [0.1, 0.15) is 0 Å². The Labute approximate surface area is 111 Å². The molecule has 98 valence electrons. The molecule has 0 amide bonds. The van der Waals surface area contributed by atoms with Gasteiger partial charge in [0.05, 0.1) is 22.9 Å². The molecule has 0 fully saturated rings. The molecule has 2 rings (SSSR count). The van der Waals surface area contributed by atoms with Gasteiger partial charge in [-0.25, -0.2) is 4.98 Å². The van der Waals surface area contributed by atoms with E-state index in [0.717, 1.165) is 17.8 Å². The standard InChI is InChI=1S/C12H19N5S/c1-8(2)17-5-4-10(16-17)6-11(15-13)12-9(3)14-7-18-12/h4-5,7-8,11,15H,6,13H2,1-3H3. The zero-order valence-corrected chi connectivity index (χ0v) is 11.7. The number of aromatic nitrogens is 3. The largest absolute Gasteiger partial charge is 0.271 e. The molecule has 1 atom stereocenters. The van der Waals surface area contributed by atoms with E-state index < -0.39 is 0 Å². The Balaban J connectivity index is 2.13. The molecule has 0 aliphatic rings. The predicted octanol–water partition coefficient (Wildman–Crippen LogP) is 1.98. The Morgan fingerprint density at radius 3 is 2.78 bits per heavy atom. The van der Waals surface area contributed by atoms with Crippen molar-refractivity contribution in [1.29, 1.82) is 0 Å². The van der Waals surface area contributed by atoms with Crippen molar-refractivity contribution in [2.75, 3.05) is 0 Å². The molecular weight excluding hydrogens is 246 g/mol. The Bertz CT molecular complexity index is 502. The second-order valence-electron chi connectivity index (χ2n) is 4.61. The number of hydrogen-bond donors (Lipinski definition) is 2. The molecule has 2 aromatic heterocycles. The third kappa shape index (κ3) is 2.77. The van der Waals surface area contributed by atoms with Crippen LogP contribution in [0.1, 0.15) is 42.2 Å². The normalized spacial score (nSPS) is 13.2. The average Bonchev–Trinajstić information content (AvgIpc) is 2.95. The van der Waals surface area contributed by atoms with E-state index in [0.29, 0.717) is 6.04 Å².